The summed E-state index contributed by atoms with van der Waals surface area (Å²) < 4.78 is 5.50. The van der Waals surface area contributed by atoms with Crippen LogP contribution < -0.4 is 0 Å². The smallest absolute Gasteiger partial charge is 0.109 e. The van der Waals surface area contributed by atoms with Crippen LogP contribution in [0.1, 0.15) is 27.7 Å². The largest absolute Gasteiger partial charge is 0.394 e. The molecular formula is C11H22O4. The van der Waals surface area contributed by atoms with E-state index in [0.29, 0.717) is 0 Å². The van der Waals surface area contributed by atoms with Crippen molar-refractivity contribution in [2.24, 2.45) is 11.3 Å². The van der Waals surface area contributed by atoms with Crippen LogP contribution in [0.25, 0.3) is 0 Å². The first-order valence-corrected chi connectivity index (χ1v) is 5.41. The maximum Gasteiger partial charge on any atom is 0.109 e. The SMILES string of the molecule is CC1OC(CO)C(O)C(O)C1C(C)(C)C. The molecule has 5 unspecified atom stereocenters. The number of aliphatic hydroxyl groups is 3. The average Bonchev–Trinajstić information content (AvgIpc) is 2.09. The molecule has 0 aromatic rings. The van der Waals surface area contributed by atoms with Gasteiger partial charge in [-0.15, -0.1) is 0 Å². The molecule has 0 saturated carbocycles. The van der Waals surface area contributed by atoms with E-state index in [4.69, 9.17) is 9.84 Å². The fourth-order valence-corrected chi connectivity index (χ4v) is 2.52. The molecule has 90 valence electrons. The zero-order valence-corrected chi connectivity index (χ0v) is 9.84. The molecule has 1 aliphatic heterocycles. The molecule has 5 atom stereocenters. The van der Waals surface area contributed by atoms with E-state index >= 15 is 0 Å². The lowest BCUT2D eigenvalue weighted by Gasteiger charge is -2.47. The van der Waals surface area contributed by atoms with Gasteiger partial charge in [0.1, 0.15) is 12.2 Å². The Morgan fingerprint density at radius 1 is 1.13 bits per heavy atom. The predicted octanol–water partition coefficient (Wildman–Crippen LogP) is 0.150. The molecule has 1 saturated heterocycles. The molecule has 0 amide bonds. The highest BCUT2D eigenvalue weighted by molar-refractivity contribution is 4.95. The predicted molar refractivity (Wildman–Crippen MR) is 56.4 cm³/mol. The quantitative estimate of drug-likeness (QED) is 0.586. The molecular weight excluding hydrogens is 196 g/mol. The molecule has 4 heteroatoms. The second kappa shape index (κ2) is 4.37. The summed E-state index contributed by atoms with van der Waals surface area (Å²) >= 11 is 0. The summed E-state index contributed by atoms with van der Waals surface area (Å²) in [7, 11) is 0. The van der Waals surface area contributed by atoms with Crippen LogP contribution in [-0.2, 0) is 4.74 Å². The Hall–Kier alpha value is -0.160. The van der Waals surface area contributed by atoms with Crippen molar-refractivity contribution in [3.05, 3.63) is 0 Å². The first-order chi connectivity index (χ1) is 6.79. The Kier molecular flexibility index (Phi) is 3.76. The van der Waals surface area contributed by atoms with E-state index < -0.39 is 18.3 Å². The number of aliphatic hydroxyl groups excluding tert-OH is 3. The Labute approximate surface area is 90.9 Å². The third kappa shape index (κ3) is 2.50. The van der Waals surface area contributed by atoms with E-state index in [2.05, 4.69) is 0 Å². The van der Waals surface area contributed by atoms with Crippen molar-refractivity contribution < 1.29 is 20.1 Å². The number of rotatable bonds is 1. The second-order valence-corrected chi connectivity index (χ2v) is 5.44. The lowest BCUT2D eigenvalue weighted by atomic mass is 9.71. The van der Waals surface area contributed by atoms with Crippen LogP contribution in [0.3, 0.4) is 0 Å². The highest BCUT2D eigenvalue weighted by Gasteiger charge is 2.46. The normalized spacial score (nSPS) is 43.0. The average molecular weight is 218 g/mol. The minimum atomic E-state index is -1.00. The van der Waals surface area contributed by atoms with Gasteiger partial charge >= 0.3 is 0 Å². The number of hydrogen-bond acceptors (Lipinski definition) is 4. The molecule has 0 aromatic carbocycles. The topological polar surface area (TPSA) is 69.9 Å². The fourth-order valence-electron chi connectivity index (χ4n) is 2.52. The standard InChI is InChI=1S/C11H22O4/c1-6-8(11(2,3)4)10(14)9(13)7(5-12)15-6/h6-10,12-14H,5H2,1-4H3. The van der Waals surface area contributed by atoms with Gasteiger partial charge in [0, 0.05) is 5.92 Å². The molecule has 0 bridgehead atoms. The van der Waals surface area contributed by atoms with E-state index in [0.717, 1.165) is 0 Å². The number of hydrogen-bond donors (Lipinski definition) is 3. The van der Waals surface area contributed by atoms with Crippen LogP contribution in [0, 0.1) is 11.3 Å². The lowest BCUT2D eigenvalue weighted by Crippen LogP contribution is -2.58. The summed E-state index contributed by atoms with van der Waals surface area (Å²) in [5.41, 5.74) is -0.139. The van der Waals surface area contributed by atoms with Crippen molar-refractivity contribution in [2.75, 3.05) is 6.61 Å². The van der Waals surface area contributed by atoms with Crippen LogP contribution in [-0.4, -0.2) is 46.3 Å². The van der Waals surface area contributed by atoms with Gasteiger partial charge in [-0.2, -0.15) is 0 Å². The van der Waals surface area contributed by atoms with Crippen molar-refractivity contribution >= 4 is 0 Å². The molecule has 1 fully saturated rings. The van der Waals surface area contributed by atoms with Gasteiger partial charge in [0.15, 0.2) is 0 Å². The van der Waals surface area contributed by atoms with Gasteiger partial charge in [0.25, 0.3) is 0 Å². The molecule has 1 heterocycles. The summed E-state index contributed by atoms with van der Waals surface area (Å²) in [4.78, 5) is 0. The molecule has 0 aliphatic carbocycles. The Bertz CT molecular complexity index is 211. The molecule has 4 nitrogen and oxygen atoms in total. The van der Waals surface area contributed by atoms with E-state index in [1.54, 1.807) is 0 Å². The minimum Gasteiger partial charge on any atom is -0.394 e. The number of ether oxygens (including phenoxy) is 1. The van der Waals surface area contributed by atoms with Crippen LogP contribution >= 0.6 is 0 Å². The van der Waals surface area contributed by atoms with Gasteiger partial charge in [-0.1, -0.05) is 20.8 Å². The van der Waals surface area contributed by atoms with Crippen molar-refractivity contribution in [1.82, 2.24) is 0 Å². The van der Waals surface area contributed by atoms with Crippen molar-refractivity contribution in [3.8, 4) is 0 Å². The van der Waals surface area contributed by atoms with E-state index in [9.17, 15) is 10.2 Å². The maximum atomic E-state index is 10.0. The summed E-state index contributed by atoms with van der Waals surface area (Å²) in [6.07, 6.45) is -2.68. The molecule has 1 aliphatic rings. The Morgan fingerprint density at radius 2 is 1.67 bits per heavy atom. The van der Waals surface area contributed by atoms with Gasteiger partial charge in [-0.3, -0.25) is 0 Å². The molecule has 1 rings (SSSR count). The highest BCUT2D eigenvalue weighted by atomic mass is 16.5. The molecule has 0 spiro atoms. The van der Waals surface area contributed by atoms with Crippen LogP contribution in [0.15, 0.2) is 0 Å². The summed E-state index contributed by atoms with van der Waals surface area (Å²) in [5.74, 6) is -0.129. The van der Waals surface area contributed by atoms with Crippen molar-refractivity contribution in [3.63, 3.8) is 0 Å². The van der Waals surface area contributed by atoms with Crippen LogP contribution in [0.5, 0.6) is 0 Å². The molecule has 3 N–H and O–H groups in total. The van der Waals surface area contributed by atoms with Crippen LogP contribution in [0.2, 0.25) is 0 Å². The van der Waals surface area contributed by atoms with Gasteiger partial charge in [-0.05, 0) is 12.3 Å². The van der Waals surface area contributed by atoms with Crippen LogP contribution in [0.4, 0.5) is 0 Å². The van der Waals surface area contributed by atoms with E-state index in [-0.39, 0.29) is 24.0 Å². The summed E-state index contributed by atoms with van der Waals surface area (Å²) in [6, 6.07) is 0. The zero-order chi connectivity index (χ0) is 11.8. The van der Waals surface area contributed by atoms with Gasteiger partial charge in [0.05, 0.1) is 18.8 Å². The Balaban J connectivity index is 2.84. The van der Waals surface area contributed by atoms with Crippen molar-refractivity contribution in [1.29, 1.82) is 0 Å². The van der Waals surface area contributed by atoms with E-state index in [1.165, 1.54) is 0 Å². The minimum absolute atomic E-state index is 0.129. The first kappa shape index (κ1) is 12.9. The Morgan fingerprint density at radius 3 is 2.07 bits per heavy atom. The molecule has 0 aromatic heterocycles. The second-order valence-electron chi connectivity index (χ2n) is 5.44. The summed E-state index contributed by atoms with van der Waals surface area (Å²) in [5, 5.41) is 28.7. The maximum absolute atomic E-state index is 10.0. The fraction of sp³-hybridized carbons (Fsp3) is 1.00. The van der Waals surface area contributed by atoms with Gasteiger partial charge in [-0.25, -0.2) is 0 Å². The molecule has 0 radical (unpaired) electrons. The lowest BCUT2D eigenvalue weighted by molar-refractivity contribution is -0.222. The highest BCUT2D eigenvalue weighted by Crippen LogP contribution is 2.38. The molecule has 15 heavy (non-hydrogen) atoms. The third-order valence-electron chi connectivity index (χ3n) is 3.17. The zero-order valence-electron chi connectivity index (χ0n) is 9.84. The van der Waals surface area contributed by atoms with Gasteiger partial charge < -0.3 is 20.1 Å². The van der Waals surface area contributed by atoms with E-state index in [1.807, 2.05) is 27.7 Å². The summed E-state index contributed by atoms with van der Waals surface area (Å²) in [6.45, 7) is 7.62. The monoisotopic (exact) mass is 218 g/mol. The van der Waals surface area contributed by atoms with Crippen molar-refractivity contribution in [2.45, 2.75) is 52.1 Å². The van der Waals surface area contributed by atoms with Gasteiger partial charge in [0.2, 0.25) is 0 Å². The third-order valence-corrected chi connectivity index (χ3v) is 3.17. The first-order valence-electron chi connectivity index (χ1n) is 5.41.